The van der Waals surface area contributed by atoms with Crippen LogP contribution in [0.25, 0.3) is 0 Å². The van der Waals surface area contributed by atoms with E-state index in [0.29, 0.717) is 0 Å². The lowest BCUT2D eigenvalue weighted by atomic mass is 10.2. The van der Waals surface area contributed by atoms with Crippen molar-refractivity contribution in [1.82, 2.24) is 4.72 Å². The molecule has 0 atom stereocenters. The van der Waals surface area contributed by atoms with Gasteiger partial charge in [-0.25, -0.2) is 17.9 Å². The van der Waals surface area contributed by atoms with Crippen molar-refractivity contribution in [3.63, 3.8) is 0 Å². The molecule has 2 N–H and O–H groups in total. The number of hydrogen-bond donors (Lipinski definition) is 2. The van der Waals surface area contributed by atoms with Crippen molar-refractivity contribution < 1.29 is 18.3 Å². The van der Waals surface area contributed by atoms with Gasteiger partial charge in [0.15, 0.2) is 0 Å². The van der Waals surface area contributed by atoms with Crippen LogP contribution in [0.4, 0.5) is 0 Å². The minimum Gasteiger partial charge on any atom is -0.477 e. The molecule has 1 aromatic heterocycles. The molecule has 1 heterocycles. The number of hydrogen-bond acceptors (Lipinski definition) is 4. The molecule has 0 unspecified atom stereocenters. The van der Waals surface area contributed by atoms with Crippen molar-refractivity contribution in [2.45, 2.75) is 11.4 Å². The van der Waals surface area contributed by atoms with Gasteiger partial charge in [-0.2, -0.15) is 0 Å². The van der Waals surface area contributed by atoms with Gasteiger partial charge in [-0.1, -0.05) is 30.3 Å². The summed E-state index contributed by atoms with van der Waals surface area (Å²) in [5, 5.41) is 10.1. The van der Waals surface area contributed by atoms with Gasteiger partial charge < -0.3 is 5.11 Å². The summed E-state index contributed by atoms with van der Waals surface area (Å²) in [6, 6.07) is 10.2. The van der Waals surface area contributed by atoms with E-state index in [1.165, 1.54) is 5.38 Å². The lowest BCUT2D eigenvalue weighted by Gasteiger charge is -2.04. The van der Waals surface area contributed by atoms with Crippen LogP contribution in [0.5, 0.6) is 0 Å². The SMILES string of the molecule is O=C(O)c1cc(S(=O)(=O)NCc2ccccc2)cs1. The maximum absolute atomic E-state index is 11.9. The number of carboxylic acid groups (broad SMARTS) is 1. The van der Waals surface area contributed by atoms with Crippen LogP contribution >= 0.6 is 11.3 Å². The second-order valence-electron chi connectivity index (χ2n) is 3.76. The summed E-state index contributed by atoms with van der Waals surface area (Å²) in [5.41, 5.74) is 0.833. The first-order valence-electron chi connectivity index (χ1n) is 5.34. The van der Waals surface area contributed by atoms with Gasteiger partial charge in [0, 0.05) is 11.9 Å². The fourth-order valence-corrected chi connectivity index (χ4v) is 3.56. The molecule has 0 saturated carbocycles. The van der Waals surface area contributed by atoms with E-state index in [9.17, 15) is 13.2 Å². The average Bonchev–Trinajstić information content (AvgIpc) is 2.88. The van der Waals surface area contributed by atoms with E-state index in [1.807, 2.05) is 18.2 Å². The molecule has 0 aliphatic carbocycles. The first-order chi connectivity index (χ1) is 8.99. The largest absolute Gasteiger partial charge is 0.477 e. The summed E-state index contributed by atoms with van der Waals surface area (Å²) in [5.74, 6) is -1.13. The molecular formula is C12H11NO4S2. The van der Waals surface area contributed by atoms with Crippen LogP contribution in [0.3, 0.4) is 0 Å². The molecule has 0 bridgehead atoms. The number of aromatic carboxylic acids is 1. The number of sulfonamides is 1. The molecular weight excluding hydrogens is 286 g/mol. The van der Waals surface area contributed by atoms with Crippen molar-refractivity contribution in [3.05, 3.63) is 52.2 Å². The third-order valence-corrected chi connectivity index (χ3v) is 4.85. The number of carboxylic acids is 1. The number of benzene rings is 1. The molecule has 19 heavy (non-hydrogen) atoms. The lowest BCUT2D eigenvalue weighted by Crippen LogP contribution is -2.22. The predicted octanol–water partition coefficient (Wildman–Crippen LogP) is 1.92. The molecule has 7 heteroatoms. The van der Waals surface area contributed by atoms with Crippen molar-refractivity contribution >= 4 is 27.3 Å². The Morgan fingerprint density at radius 3 is 2.53 bits per heavy atom. The topological polar surface area (TPSA) is 83.5 Å². The van der Waals surface area contributed by atoms with E-state index < -0.39 is 16.0 Å². The fourth-order valence-electron chi connectivity index (χ4n) is 1.43. The highest BCUT2D eigenvalue weighted by Gasteiger charge is 2.18. The maximum Gasteiger partial charge on any atom is 0.345 e. The van der Waals surface area contributed by atoms with Crippen LogP contribution < -0.4 is 4.72 Å². The zero-order valence-electron chi connectivity index (χ0n) is 9.74. The molecule has 100 valence electrons. The summed E-state index contributed by atoms with van der Waals surface area (Å²) < 4.78 is 26.3. The van der Waals surface area contributed by atoms with Gasteiger partial charge in [0.25, 0.3) is 0 Å². The molecule has 0 radical (unpaired) electrons. The standard InChI is InChI=1S/C12H11NO4S2/c14-12(15)11-6-10(8-18-11)19(16,17)13-7-9-4-2-1-3-5-9/h1-6,8,13H,7H2,(H,14,15). The Hall–Kier alpha value is -1.70. The highest BCUT2D eigenvalue weighted by molar-refractivity contribution is 7.89. The molecule has 0 spiro atoms. The Morgan fingerprint density at radius 2 is 1.95 bits per heavy atom. The van der Waals surface area contributed by atoms with Gasteiger partial charge in [0.2, 0.25) is 10.0 Å². The van der Waals surface area contributed by atoms with Gasteiger partial charge in [-0.3, -0.25) is 0 Å². The summed E-state index contributed by atoms with van der Waals surface area (Å²) in [4.78, 5) is 10.7. The van der Waals surface area contributed by atoms with Gasteiger partial charge >= 0.3 is 5.97 Å². The quantitative estimate of drug-likeness (QED) is 0.883. The van der Waals surface area contributed by atoms with Gasteiger partial charge in [-0.15, -0.1) is 11.3 Å². The third kappa shape index (κ3) is 3.40. The van der Waals surface area contributed by atoms with Crippen molar-refractivity contribution in [1.29, 1.82) is 0 Å². The van der Waals surface area contributed by atoms with Gasteiger partial charge in [0.05, 0.1) is 4.90 Å². The minimum absolute atomic E-state index is 0.0000797. The van der Waals surface area contributed by atoms with Crippen LogP contribution in [0.2, 0.25) is 0 Å². The van der Waals surface area contributed by atoms with Crippen LogP contribution in [0.15, 0.2) is 46.7 Å². The van der Waals surface area contributed by atoms with E-state index in [2.05, 4.69) is 4.72 Å². The molecule has 1 aromatic carbocycles. The zero-order chi connectivity index (χ0) is 13.9. The second-order valence-corrected chi connectivity index (χ2v) is 6.44. The average molecular weight is 297 g/mol. The summed E-state index contributed by atoms with van der Waals surface area (Å²) in [6.07, 6.45) is 0. The van der Waals surface area contributed by atoms with Crippen LogP contribution in [0, 0.1) is 0 Å². The van der Waals surface area contributed by atoms with Crippen molar-refractivity contribution in [2.24, 2.45) is 0 Å². The van der Waals surface area contributed by atoms with Crippen molar-refractivity contribution in [2.75, 3.05) is 0 Å². The number of nitrogens with one attached hydrogen (secondary N) is 1. The van der Waals surface area contributed by atoms with Gasteiger partial charge in [-0.05, 0) is 11.6 Å². The summed E-state index contributed by atoms with van der Waals surface area (Å²) >= 11 is 0.887. The number of thiophene rings is 1. The van der Waals surface area contributed by atoms with E-state index in [-0.39, 0.29) is 16.3 Å². The Kier molecular flexibility index (Phi) is 3.98. The van der Waals surface area contributed by atoms with Gasteiger partial charge in [0.1, 0.15) is 4.88 Å². The molecule has 0 fully saturated rings. The monoisotopic (exact) mass is 297 g/mol. The second kappa shape index (κ2) is 5.52. The third-order valence-electron chi connectivity index (χ3n) is 2.41. The zero-order valence-corrected chi connectivity index (χ0v) is 11.4. The Labute approximate surface area is 114 Å². The molecule has 0 amide bonds. The van der Waals surface area contributed by atoms with Crippen LogP contribution in [0.1, 0.15) is 15.2 Å². The lowest BCUT2D eigenvalue weighted by molar-refractivity contribution is 0.0702. The normalized spacial score (nSPS) is 11.4. The van der Waals surface area contributed by atoms with Crippen LogP contribution in [-0.4, -0.2) is 19.5 Å². The molecule has 0 aliphatic rings. The van der Waals surface area contributed by atoms with E-state index in [0.717, 1.165) is 23.0 Å². The molecule has 0 saturated heterocycles. The predicted molar refractivity (Wildman–Crippen MR) is 71.7 cm³/mol. The van der Waals surface area contributed by atoms with Crippen LogP contribution in [-0.2, 0) is 16.6 Å². The molecule has 2 aromatic rings. The van der Waals surface area contributed by atoms with E-state index in [1.54, 1.807) is 12.1 Å². The maximum atomic E-state index is 11.9. The molecule has 2 rings (SSSR count). The smallest absolute Gasteiger partial charge is 0.345 e. The van der Waals surface area contributed by atoms with E-state index >= 15 is 0 Å². The molecule has 5 nitrogen and oxygen atoms in total. The number of rotatable bonds is 5. The number of carbonyl (C=O) groups is 1. The van der Waals surface area contributed by atoms with E-state index in [4.69, 9.17) is 5.11 Å². The highest BCUT2D eigenvalue weighted by Crippen LogP contribution is 2.19. The first kappa shape index (κ1) is 13.7. The Bertz CT molecular complexity index is 677. The first-order valence-corrected chi connectivity index (χ1v) is 7.71. The Balaban J connectivity index is 2.12. The summed E-state index contributed by atoms with van der Waals surface area (Å²) in [6.45, 7) is 0.168. The van der Waals surface area contributed by atoms with Crippen molar-refractivity contribution in [3.8, 4) is 0 Å². The highest BCUT2D eigenvalue weighted by atomic mass is 32.2. The summed E-state index contributed by atoms with van der Waals surface area (Å²) in [7, 11) is -3.67. The molecule has 0 aliphatic heterocycles. The Morgan fingerprint density at radius 1 is 1.26 bits per heavy atom. The fraction of sp³-hybridized carbons (Fsp3) is 0.0833. The minimum atomic E-state index is -3.67.